The van der Waals surface area contributed by atoms with Crippen LogP contribution in [-0.2, 0) is 16.1 Å². The zero-order chi connectivity index (χ0) is 16.2. The molecule has 0 fully saturated rings. The largest absolute Gasteiger partial charge is 0.344 e. The summed E-state index contributed by atoms with van der Waals surface area (Å²) in [5.41, 5.74) is 2.04. The predicted molar refractivity (Wildman–Crippen MR) is 88.0 cm³/mol. The Hall–Kier alpha value is -2.86. The number of nitrogens with one attached hydrogen (secondary N) is 3. The number of amides is 2. The Balaban J connectivity index is 1.61. The summed E-state index contributed by atoms with van der Waals surface area (Å²) < 4.78 is 0. The van der Waals surface area contributed by atoms with Crippen molar-refractivity contribution < 1.29 is 9.59 Å². The molecule has 23 heavy (non-hydrogen) atoms. The molecule has 3 N–H and O–H groups in total. The molecule has 116 valence electrons. The highest BCUT2D eigenvalue weighted by Crippen LogP contribution is 2.16. The van der Waals surface area contributed by atoms with E-state index in [1.807, 2.05) is 6.07 Å². The number of aromatic amines is 1. The molecule has 0 spiro atoms. The van der Waals surface area contributed by atoms with Crippen molar-refractivity contribution >= 4 is 40.0 Å². The molecular formula is C16H13ClN4O2. The Morgan fingerprint density at radius 2 is 1.96 bits per heavy atom. The van der Waals surface area contributed by atoms with Gasteiger partial charge in [-0.05, 0) is 29.8 Å². The summed E-state index contributed by atoms with van der Waals surface area (Å²) in [7, 11) is 0. The minimum atomic E-state index is -0.740. The molecule has 0 saturated carbocycles. The normalized spacial score (nSPS) is 10.5. The van der Waals surface area contributed by atoms with Crippen LogP contribution in [0.1, 0.15) is 5.56 Å². The first-order chi connectivity index (χ1) is 11.1. The molecule has 0 bridgehead atoms. The fourth-order valence-electron chi connectivity index (χ4n) is 2.10. The summed E-state index contributed by atoms with van der Waals surface area (Å²) in [4.78, 5) is 23.8. The maximum absolute atomic E-state index is 11.9. The van der Waals surface area contributed by atoms with Crippen LogP contribution in [-0.4, -0.2) is 22.0 Å². The molecular weight excluding hydrogens is 316 g/mol. The van der Waals surface area contributed by atoms with Gasteiger partial charge in [0.2, 0.25) is 0 Å². The second-order valence-corrected chi connectivity index (χ2v) is 5.31. The molecule has 0 saturated heterocycles. The number of hydrogen-bond donors (Lipinski definition) is 3. The van der Waals surface area contributed by atoms with Gasteiger partial charge in [0.1, 0.15) is 0 Å². The molecule has 0 unspecified atom stereocenters. The van der Waals surface area contributed by atoms with E-state index in [0.717, 1.165) is 16.5 Å². The molecule has 1 aromatic heterocycles. The van der Waals surface area contributed by atoms with Crippen molar-refractivity contribution in [1.82, 2.24) is 15.5 Å². The highest BCUT2D eigenvalue weighted by molar-refractivity contribution is 6.39. The average Bonchev–Trinajstić information content (AvgIpc) is 3.01. The van der Waals surface area contributed by atoms with Crippen molar-refractivity contribution in [2.75, 3.05) is 5.32 Å². The summed E-state index contributed by atoms with van der Waals surface area (Å²) in [6, 6.07) is 12.3. The number of carbonyl (C=O) groups excluding carboxylic acids is 2. The van der Waals surface area contributed by atoms with Gasteiger partial charge in [-0.2, -0.15) is 5.10 Å². The molecule has 1 heterocycles. The van der Waals surface area contributed by atoms with Crippen LogP contribution < -0.4 is 10.6 Å². The molecule has 0 atom stereocenters. The van der Waals surface area contributed by atoms with Gasteiger partial charge < -0.3 is 10.6 Å². The molecule has 6 nitrogen and oxygen atoms in total. The third-order valence-corrected chi connectivity index (χ3v) is 3.67. The molecule has 2 amide bonds. The Labute approximate surface area is 136 Å². The lowest BCUT2D eigenvalue weighted by Crippen LogP contribution is -2.35. The Bertz CT molecular complexity index is 875. The van der Waals surface area contributed by atoms with Gasteiger partial charge in [-0.1, -0.05) is 29.8 Å². The number of H-pyrrole nitrogens is 1. The van der Waals surface area contributed by atoms with E-state index in [1.54, 1.807) is 42.6 Å². The van der Waals surface area contributed by atoms with Crippen molar-refractivity contribution in [3.63, 3.8) is 0 Å². The second kappa shape index (κ2) is 6.50. The van der Waals surface area contributed by atoms with Gasteiger partial charge in [-0.15, -0.1) is 0 Å². The number of hydrogen-bond acceptors (Lipinski definition) is 3. The smallest absolute Gasteiger partial charge is 0.313 e. The summed E-state index contributed by atoms with van der Waals surface area (Å²) in [6.07, 6.45) is 1.68. The first-order valence-electron chi connectivity index (χ1n) is 6.89. The highest BCUT2D eigenvalue weighted by atomic mass is 35.5. The molecule has 0 aliphatic carbocycles. The lowest BCUT2D eigenvalue weighted by Gasteiger charge is -2.07. The number of benzene rings is 2. The van der Waals surface area contributed by atoms with Gasteiger partial charge in [0.25, 0.3) is 0 Å². The van der Waals surface area contributed by atoms with Gasteiger partial charge in [0.05, 0.1) is 11.7 Å². The van der Waals surface area contributed by atoms with E-state index in [-0.39, 0.29) is 6.54 Å². The molecule has 0 aliphatic rings. The van der Waals surface area contributed by atoms with E-state index >= 15 is 0 Å². The van der Waals surface area contributed by atoms with E-state index in [2.05, 4.69) is 20.8 Å². The molecule has 0 aliphatic heterocycles. The molecule has 2 aromatic carbocycles. The summed E-state index contributed by atoms with van der Waals surface area (Å²) in [5, 5.41) is 13.2. The van der Waals surface area contributed by atoms with Gasteiger partial charge >= 0.3 is 11.8 Å². The summed E-state index contributed by atoms with van der Waals surface area (Å²) in [5.74, 6) is -1.47. The second-order valence-electron chi connectivity index (χ2n) is 4.90. The highest BCUT2D eigenvalue weighted by Gasteiger charge is 2.14. The first kappa shape index (κ1) is 15.1. The van der Waals surface area contributed by atoms with Crippen molar-refractivity contribution in [2.24, 2.45) is 0 Å². The van der Waals surface area contributed by atoms with Gasteiger partial charge in [0, 0.05) is 22.6 Å². The van der Waals surface area contributed by atoms with Crippen LogP contribution in [0.3, 0.4) is 0 Å². The maximum Gasteiger partial charge on any atom is 0.313 e. The quantitative estimate of drug-likeness (QED) is 0.645. The van der Waals surface area contributed by atoms with Crippen LogP contribution in [0.5, 0.6) is 0 Å². The van der Waals surface area contributed by atoms with E-state index in [4.69, 9.17) is 11.6 Å². The Kier molecular flexibility index (Phi) is 4.25. The molecule has 3 aromatic rings. The van der Waals surface area contributed by atoms with Crippen LogP contribution in [0, 0.1) is 0 Å². The minimum Gasteiger partial charge on any atom is -0.344 e. The Morgan fingerprint density at radius 3 is 2.78 bits per heavy atom. The number of rotatable bonds is 3. The third-order valence-electron chi connectivity index (χ3n) is 3.30. The van der Waals surface area contributed by atoms with E-state index in [9.17, 15) is 9.59 Å². The summed E-state index contributed by atoms with van der Waals surface area (Å²) in [6.45, 7) is 0.186. The lowest BCUT2D eigenvalue weighted by molar-refractivity contribution is -0.136. The Morgan fingerprint density at radius 1 is 1.13 bits per heavy atom. The van der Waals surface area contributed by atoms with E-state index in [0.29, 0.717) is 10.7 Å². The zero-order valence-corrected chi connectivity index (χ0v) is 12.7. The van der Waals surface area contributed by atoms with Crippen LogP contribution >= 0.6 is 11.6 Å². The van der Waals surface area contributed by atoms with Crippen LogP contribution in [0.4, 0.5) is 5.69 Å². The number of fused-ring (bicyclic) bond motifs is 1. The fraction of sp³-hybridized carbons (Fsp3) is 0.0625. The average molecular weight is 329 g/mol. The van der Waals surface area contributed by atoms with Gasteiger partial charge in [-0.25, -0.2) is 0 Å². The van der Waals surface area contributed by atoms with Crippen LogP contribution in [0.2, 0.25) is 5.02 Å². The third kappa shape index (κ3) is 3.49. The van der Waals surface area contributed by atoms with Gasteiger partial charge in [-0.3, -0.25) is 14.7 Å². The van der Waals surface area contributed by atoms with Crippen LogP contribution in [0.15, 0.2) is 48.7 Å². The standard InChI is InChI=1S/C16H13ClN4O2/c17-13-4-2-1-3-10(13)8-18-15(22)16(23)20-12-6-5-11-9-19-21-14(11)7-12/h1-7,9H,8H2,(H,18,22)(H,19,21)(H,20,23). The van der Waals surface area contributed by atoms with Crippen molar-refractivity contribution in [3.05, 3.63) is 59.2 Å². The fourth-order valence-corrected chi connectivity index (χ4v) is 2.30. The lowest BCUT2D eigenvalue weighted by atomic mass is 10.2. The first-order valence-corrected chi connectivity index (χ1v) is 7.27. The van der Waals surface area contributed by atoms with Crippen molar-refractivity contribution in [1.29, 1.82) is 0 Å². The minimum absolute atomic E-state index is 0.186. The predicted octanol–water partition coefficient (Wildman–Crippen LogP) is 2.47. The van der Waals surface area contributed by atoms with Crippen molar-refractivity contribution in [3.8, 4) is 0 Å². The monoisotopic (exact) mass is 328 g/mol. The molecule has 3 rings (SSSR count). The number of halogens is 1. The maximum atomic E-state index is 11.9. The molecule has 0 radical (unpaired) electrons. The van der Waals surface area contributed by atoms with E-state index < -0.39 is 11.8 Å². The zero-order valence-electron chi connectivity index (χ0n) is 12.0. The van der Waals surface area contributed by atoms with Gasteiger partial charge in [0.15, 0.2) is 0 Å². The SMILES string of the molecule is O=C(NCc1ccccc1Cl)C(=O)Nc1ccc2cn[nH]c2c1. The molecule has 7 heteroatoms. The number of anilines is 1. The number of carbonyl (C=O) groups is 2. The number of nitrogens with zero attached hydrogens (tertiary/aromatic N) is 1. The van der Waals surface area contributed by atoms with E-state index in [1.165, 1.54) is 0 Å². The summed E-state index contributed by atoms with van der Waals surface area (Å²) >= 11 is 6.00. The van der Waals surface area contributed by atoms with Crippen LogP contribution in [0.25, 0.3) is 10.9 Å². The number of aromatic nitrogens is 2. The topological polar surface area (TPSA) is 86.9 Å². The van der Waals surface area contributed by atoms with Crippen molar-refractivity contribution in [2.45, 2.75) is 6.54 Å².